The summed E-state index contributed by atoms with van der Waals surface area (Å²) in [5, 5.41) is 10.8. The largest absolute Gasteiger partial charge is 0.344 e. The van der Waals surface area contributed by atoms with E-state index < -0.39 is 20.9 Å². The number of non-ortho nitro benzene ring substituents is 1. The van der Waals surface area contributed by atoms with Crippen LogP contribution in [0.1, 0.15) is 19.4 Å². The third-order valence-electron chi connectivity index (χ3n) is 3.65. The van der Waals surface area contributed by atoms with Crippen molar-refractivity contribution in [1.82, 2.24) is 4.90 Å². The van der Waals surface area contributed by atoms with E-state index in [-0.39, 0.29) is 18.3 Å². The van der Waals surface area contributed by atoms with Gasteiger partial charge in [-0.15, -0.1) is 6.58 Å². The molecule has 2 rings (SSSR count). The summed E-state index contributed by atoms with van der Waals surface area (Å²) in [6.07, 6.45) is 1.51. The molecule has 1 aliphatic rings. The van der Waals surface area contributed by atoms with Gasteiger partial charge in [-0.3, -0.25) is 14.9 Å². The molecule has 1 aliphatic heterocycles. The number of ether oxygens (including phenoxy) is 1. The highest BCUT2D eigenvalue weighted by Crippen LogP contribution is 2.57. The number of benzene rings is 1. The smallest absolute Gasteiger partial charge is 0.269 e. The molecule has 6 nitrogen and oxygen atoms in total. The van der Waals surface area contributed by atoms with Gasteiger partial charge in [0, 0.05) is 23.7 Å². The zero-order chi connectivity index (χ0) is 17.4. The minimum absolute atomic E-state index is 0.0795. The fraction of sp³-hybridized carbons (Fsp3) is 0.400. The van der Waals surface area contributed by atoms with Crippen molar-refractivity contribution in [1.29, 1.82) is 0 Å². The maximum atomic E-state index is 12.3. The van der Waals surface area contributed by atoms with Crippen molar-refractivity contribution >= 4 is 34.8 Å². The Balaban J connectivity index is 2.56. The lowest BCUT2D eigenvalue weighted by Gasteiger charge is -2.60. The van der Waals surface area contributed by atoms with E-state index in [1.54, 1.807) is 13.8 Å². The van der Waals surface area contributed by atoms with Gasteiger partial charge in [-0.05, 0) is 26.0 Å². The van der Waals surface area contributed by atoms with Crippen molar-refractivity contribution in [3.8, 4) is 0 Å². The molecule has 1 aromatic carbocycles. The van der Waals surface area contributed by atoms with Crippen LogP contribution in [0.2, 0.25) is 0 Å². The monoisotopic (exact) mass is 358 g/mol. The van der Waals surface area contributed by atoms with E-state index in [4.69, 9.17) is 27.9 Å². The van der Waals surface area contributed by atoms with Gasteiger partial charge in [0.25, 0.3) is 11.6 Å². The second-order valence-corrected chi connectivity index (χ2v) is 6.72. The van der Waals surface area contributed by atoms with Crippen LogP contribution in [0.25, 0.3) is 0 Å². The number of nitro groups is 1. The first-order valence-electron chi connectivity index (χ1n) is 6.91. The number of carbonyl (C=O) groups excluding carboxylic acids is 1. The quantitative estimate of drug-likeness (QED) is 0.257. The zero-order valence-electron chi connectivity index (χ0n) is 12.7. The summed E-state index contributed by atoms with van der Waals surface area (Å²) in [4.78, 5) is 24.0. The molecule has 0 N–H and O–H groups in total. The first kappa shape index (κ1) is 17.7. The van der Waals surface area contributed by atoms with Crippen LogP contribution in [-0.4, -0.2) is 32.7 Å². The average molecular weight is 359 g/mol. The number of halogens is 2. The van der Waals surface area contributed by atoms with Crippen LogP contribution in [0, 0.1) is 10.1 Å². The maximum absolute atomic E-state index is 12.3. The number of carbonyl (C=O) groups is 1. The molecule has 1 aromatic rings. The normalized spacial score (nSPS) is 22.8. The number of nitrogens with zero attached hydrogens (tertiary/aromatic N) is 2. The van der Waals surface area contributed by atoms with Gasteiger partial charge in [0.1, 0.15) is 0 Å². The number of amides is 1. The minimum Gasteiger partial charge on any atom is -0.344 e. The van der Waals surface area contributed by atoms with Crippen LogP contribution in [0.4, 0.5) is 5.69 Å². The predicted molar refractivity (Wildman–Crippen MR) is 87.3 cm³/mol. The fourth-order valence-corrected chi connectivity index (χ4v) is 3.38. The highest BCUT2D eigenvalue weighted by atomic mass is 35.5. The van der Waals surface area contributed by atoms with Crippen molar-refractivity contribution in [2.75, 3.05) is 6.61 Å². The van der Waals surface area contributed by atoms with Crippen molar-refractivity contribution in [2.45, 2.75) is 29.9 Å². The molecule has 1 saturated heterocycles. The van der Waals surface area contributed by atoms with Crippen molar-refractivity contribution < 1.29 is 14.5 Å². The SMILES string of the molecule is C=CCOC1(c2ccc([N+](=O)[O-])cc2)N(C(C)C)C(=O)C1(Cl)Cl. The first-order valence-corrected chi connectivity index (χ1v) is 7.67. The molecule has 1 heterocycles. The van der Waals surface area contributed by atoms with E-state index in [9.17, 15) is 14.9 Å². The van der Waals surface area contributed by atoms with E-state index in [1.807, 2.05) is 0 Å². The lowest BCUT2D eigenvalue weighted by molar-refractivity contribution is -0.384. The second kappa shape index (κ2) is 6.11. The van der Waals surface area contributed by atoms with Crippen LogP contribution < -0.4 is 0 Å². The molecule has 23 heavy (non-hydrogen) atoms. The molecule has 0 bridgehead atoms. The Hall–Kier alpha value is -1.63. The topological polar surface area (TPSA) is 72.7 Å². The number of hydrogen-bond donors (Lipinski definition) is 0. The molecular formula is C15H16Cl2N2O4. The van der Waals surface area contributed by atoms with Gasteiger partial charge in [0.15, 0.2) is 0 Å². The van der Waals surface area contributed by atoms with E-state index in [2.05, 4.69) is 6.58 Å². The minimum atomic E-state index is -1.82. The Bertz CT molecular complexity index is 645. The van der Waals surface area contributed by atoms with Crippen molar-refractivity contribution in [2.24, 2.45) is 0 Å². The number of nitro benzene ring substituents is 1. The lowest BCUT2D eigenvalue weighted by atomic mass is 9.85. The third-order valence-corrected chi connectivity index (χ3v) is 4.48. The average Bonchev–Trinajstić information content (AvgIpc) is 2.50. The third kappa shape index (κ3) is 2.51. The van der Waals surface area contributed by atoms with E-state index >= 15 is 0 Å². The second-order valence-electron chi connectivity index (χ2n) is 5.39. The summed E-state index contributed by atoms with van der Waals surface area (Å²) in [6, 6.07) is 5.39. The molecule has 0 radical (unpaired) electrons. The van der Waals surface area contributed by atoms with Crippen LogP contribution in [0.3, 0.4) is 0 Å². The molecule has 1 amide bonds. The van der Waals surface area contributed by atoms with Gasteiger partial charge < -0.3 is 9.64 Å². The van der Waals surface area contributed by atoms with Crippen molar-refractivity contribution in [3.05, 3.63) is 52.6 Å². The Kier molecular flexibility index (Phi) is 4.71. The summed E-state index contributed by atoms with van der Waals surface area (Å²) in [7, 11) is 0. The van der Waals surface area contributed by atoms with Gasteiger partial charge >= 0.3 is 0 Å². The lowest BCUT2D eigenvalue weighted by Crippen LogP contribution is -2.78. The van der Waals surface area contributed by atoms with Crippen LogP contribution in [0.5, 0.6) is 0 Å². The van der Waals surface area contributed by atoms with E-state index in [0.717, 1.165) is 0 Å². The van der Waals surface area contributed by atoms with Gasteiger partial charge in [0.2, 0.25) is 10.1 Å². The highest BCUT2D eigenvalue weighted by molar-refractivity contribution is 6.61. The molecule has 124 valence electrons. The van der Waals surface area contributed by atoms with Gasteiger partial charge in [0.05, 0.1) is 11.5 Å². The maximum Gasteiger partial charge on any atom is 0.269 e. The standard InChI is InChI=1S/C15H16Cl2N2O4/c1-4-9-23-15(11-5-7-12(8-6-11)19(21)22)14(16,17)13(20)18(15)10(2)3/h4-8,10H,1,9H2,2-3H3. The number of alkyl halides is 2. The Morgan fingerprint density at radius 3 is 2.39 bits per heavy atom. The number of hydrogen-bond acceptors (Lipinski definition) is 4. The fourth-order valence-electron chi connectivity index (χ4n) is 2.69. The Morgan fingerprint density at radius 2 is 1.96 bits per heavy atom. The number of β-lactam (4-membered cyclic amide) rings is 1. The van der Waals surface area contributed by atoms with Gasteiger partial charge in [-0.25, -0.2) is 0 Å². The summed E-state index contributed by atoms with van der Waals surface area (Å²) < 4.78 is 3.99. The summed E-state index contributed by atoms with van der Waals surface area (Å²) in [6.45, 7) is 7.30. The summed E-state index contributed by atoms with van der Waals surface area (Å²) in [5.41, 5.74) is -1.04. The summed E-state index contributed by atoms with van der Waals surface area (Å²) in [5.74, 6) is -0.474. The van der Waals surface area contributed by atoms with Crippen LogP contribution >= 0.6 is 23.2 Å². The molecule has 0 spiro atoms. The van der Waals surface area contributed by atoms with Crippen LogP contribution in [0.15, 0.2) is 36.9 Å². The zero-order valence-corrected chi connectivity index (χ0v) is 14.2. The molecular weight excluding hydrogens is 343 g/mol. The van der Waals surface area contributed by atoms with Crippen LogP contribution in [-0.2, 0) is 15.3 Å². The molecule has 0 aromatic heterocycles. The van der Waals surface area contributed by atoms with E-state index in [1.165, 1.54) is 35.2 Å². The first-order chi connectivity index (χ1) is 10.7. The van der Waals surface area contributed by atoms with Gasteiger partial charge in [-0.2, -0.15) is 0 Å². The predicted octanol–water partition coefficient (Wildman–Crippen LogP) is 3.37. The number of likely N-dealkylation sites (tertiary alicyclic amines) is 1. The molecule has 8 heteroatoms. The van der Waals surface area contributed by atoms with E-state index in [0.29, 0.717) is 5.56 Å². The molecule has 0 saturated carbocycles. The molecule has 1 fully saturated rings. The summed E-state index contributed by atoms with van der Waals surface area (Å²) >= 11 is 12.5. The number of rotatable bonds is 6. The highest BCUT2D eigenvalue weighted by Gasteiger charge is 2.73. The molecule has 0 aliphatic carbocycles. The van der Waals surface area contributed by atoms with Crippen molar-refractivity contribution in [3.63, 3.8) is 0 Å². The van der Waals surface area contributed by atoms with Gasteiger partial charge in [-0.1, -0.05) is 29.3 Å². The Labute approximate surface area is 143 Å². The Morgan fingerprint density at radius 1 is 1.39 bits per heavy atom. The molecule has 1 unspecified atom stereocenters. The molecule has 1 atom stereocenters.